The second kappa shape index (κ2) is 12.2. The van der Waals surface area contributed by atoms with Gasteiger partial charge in [-0.25, -0.2) is 4.79 Å². The monoisotopic (exact) mass is 525 g/mol. The number of rotatable bonds is 7. The molecule has 7 nitrogen and oxygen atoms in total. The van der Waals surface area contributed by atoms with Crippen molar-refractivity contribution in [3.05, 3.63) is 63.7 Å². The fourth-order valence-corrected chi connectivity index (χ4v) is 4.14. The molecule has 0 saturated carbocycles. The van der Waals surface area contributed by atoms with Crippen LogP contribution >= 0.6 is 11.6 Å². The van der Waals surface area contributed by atoms with E-state index in [2.05, 4.69) is 16.7 Å². The van der Waals surface area contributed by atoms with Crippen LogP contribution in [-0.2, 0) is 14.3 Å². The molecule has 2 aromatic carbocycles. The molecule has 2 unspecified atom stereocenters. The maximum absolute atomic E-state index is 13.8. The van der Waals surface area contributed by atoms with Gasteiger partial charge in [-0.3, -0.25) is 14.5 Å². The van der Waals surface area contributed by atoms with Crippen molar-refractivity contribution in [1.29, 1.82) is 0 Å². The molecule has 0 bridgehead atoms. The Kier molecular flexibility index (Phi) is 9.77. The average Bonchev–Trinajstić information content (AvgIpc) is 2.77. The van der Waals surface area contributed by atoms with Gasteiger partial charge in [0.25, 0.3) is 11.8 Å². The van der Waals surface area contributed by atoms with Crippen molar-refractivity contribution in [3.8, 4) is 12.5 Å². The van der Waals surface area contributed by atoms with Crippen LogP contribution in [0.25, 0.3) is 0 Å². The number of hydrogen-bond acceptors (Lipinski definition) is 4. The van der Waals surface area contributed by atoms with E-state index in [1.165, 1.54) is 0 Å². The van der Waals surface area contributed by atoms with Crippen LogP contribution in [0.4, 0.5) is 10.5 Å². The lowest BCUT2D eigenvalue weighted by Crippen LogP contribution is -2.53. The normalized spacial score (nSPS) is 12.8. The van der Waals surface area contributed by atoms with Gasteiger partial charge in [-0.1, -0.05) is 67.8 Å². The van der Waals surface area contributed by atoms with Gasteiger partial charge in [0.1, 0.15) is 17.7 Å². The van der Waals surface area contributed by atoms with Gasteiger partial charge in [-0.2, -0.15) is 0 Å². The largest absolute Gasteiger partial charge is 0.444 e. The first kappa shape index (κ1) is 29.7. The topological polar surface area (TPSA) is 87.7 Å². The van der Waals surface area contributed by atoms with Gasteiger partial charge in [-0.05, 0) is 70.2 Å². The SMILES string of the molecule is C#CN(C(=O)C(NC(=O)OC(C)(C)C)C(C)C)C(C(=O)Nc1c(C)cccc1Cl)c1ccc(C)cc1C. The number of halogens is 1. The lowest BCUT2D eigenvalue weighted by Gasteiger charge is -2.32. The maximum atomic E-state index is 13.8. The molecule has 2 atom stereocenters. The predicted molar refractivity (Wildman–Crippen MR) is 147 cm³/mol. The molecule has 0 aliphatic heterocycles. The molecule has 198 valence electrons. The minimum atomic E-state index is -1.18. The molecule has 0 fully saturated rings. The number of aryl methyl sites for hydroxylation is 3. The van der Waals surface area contributed by atoms with E-state index in [-0.39, 0.29) is 5.92 Å². The first-order valence-electron chi connectivity index (χ1n) is 12.1. The van der Waals surface area contributed by atoms with Crippen molar-refractivity contribution >= 4 is 35.2 Å². The Morgan fingerprint density at radius 2 is 1.70 bits per heavy atom. The van der Waals surface area contributed by atoms with Gasteiger partial charge in [0.05, 0.1) is 10.7 Å². The van der Waals surface area contributed by atoms with Crippen molar-refractivity contribution in [1.82, 2.24) is 10.2 Å². The molecule has 0 spiro atoms. The van der Waals surface area contributed by atoms with Crippen LogP contribution in [0.15, 0.2) is 36.4 Å². The summed E-state index contributed by atoms with van der Waals surface area (Å²) in [5.74, 6) is -1.49. The number of amides is 3. The number of nitrogens with zero attached hydrogens (tertiary/aromatic N) is 1. The van der Waals surface area contributed by atoms with E-state index in [9.17, 15) is 14.4 Å². The molecule has 0 aromatic heterocycles. The van der Waals surface area contributed by atoms with Crippen LogP contribution in [0.2, 0.25) is 5.02 Å². The van der Waals surface area contributed by atoms with Gasteiger partial charge < -0.3 is 15.4 Å². The van der Waals surface area contributed by atoms with Gasteiger partial charge in [0.2, 0.25) is 0 Å². The van der Waals surface area contributed by atoms with Crippen molar-refractivity contribution < 1.29 is 19.1 Å². The standard InChI is InChI=1S/C29H36ClN3O4/c1-10-33(27(35)23(17(2)3)32-28(36)37-29(7,8)9)25(21-15-14-18(4)16-20(21)6)26(34)31-24-19(5)12-11-13-22(24)30/h1,11-17,23,25H,2-9H3,(H,31,34)(H,32,36). The van der Waals surface area contributed by atoms with Crippen molar-refractivity contribution in [2.45, 2.75) is 73.1 Å². The fraction of sp³-hybridized carbons (Fsp3) is 0.414. The number of para-hydroxylation sites is 1. The summed E-state index contributed by atoms with van der Waals surface area (Å²) in [7, 11) is 0. The Hall–Kier alpha value is -3.50. The van der Waals surface area contributed by atoms with E-state index >= 15 is 0 Å². The van der Waals surface area contributed by atoms with Gasteiger partial charge in [0, 0.05) is 6.04 Å². The average molecular weight is 526 g/mol. The highest BCUT2D eigenvalue weighted by molar-refractivity contribution is 6.34. The highest BCUT2D eigenvalue weighted by atomic mass is 35.5. The Morgan fingerprint density at radius 1 is 1.05 bits per heavy atom. The first-order valence-corrected chi connectivity index (χ1v) is 12.5. The van der Waals surface area contributed by atoms with E-state index < -0.39 is 35.6 Å². The second-order valence-electron chi connectivity index (χ2n) is 10.4. The Morgan fingerprint density at radius 3 is 2.22 bits per heavy atom. The van der Waals surface area contributed by atoms with Gasteiger partial charge in [-0.15, -0.1) is 0 Å². The number of hydrogen-bond donors (Lipinski definition) is 2. The lowest BCUT2D eigenvalue weighted by molar-refractivity contribution is -0.137. The molecule has 2 aromatic rings. The quantitative estimate of drug-likeness (QED) is 0.347. The Labute approximate surface area is 224 Å². The number of anilines is 1. The molecule has 0 aliphatic rings. The van der Waals surface area contributed by atoms with Crippen molar-refractivity contribution in [2.24, 2.45) is 5.92 Å². The fourth-order valence-electron chi connectivity index (χ4n) is 3.88. The summed E-state index contributed by atoms with van der Waals surface area (Å²) in [5, 5.41) is 5.84. The Bertz CT molecular complexity index is 1190. The van der Waals surface area contributed by atoms with Crippen LogP contribution in [-0.4, -0.2) is 34.5 Å². The molecule has 0 radical (unpaired) electrons. The van der Waals surface area contributed by atoms with Crippen LogP contribution in [0.1, 0.15) is 62.9 Å². The molecule has 0 saturated heterocycles. The molecular weight excluding hydrogens is 490 g/mol. The minimum absolute atomic E-state index is 0.343. The van der Waals surface area contributed by atoms with E-state index in [0.717, 1.165) is 21.6 Å². The molecule has 2 rings (SSSR count). The van der Waals surface area contributed by atoms with Crippen LogP contribution < -0.4 is 10.6 Å². The van der Waals surface area contributed by atoms with Crippen LogP contribution in [0.3, 0.4) is 0 Å². The maximum Gasteiger partial charge on any atom is 0.408 e. The summed E-state index contributed by atoms with van der Waals surface area (Å²) in [4.78, 5) is 41.1. The third-order valence-corrected chi connectivity index (χ3v) is 5.99. The molecule has 0 heterocycles. The highest BCUT2D eigenvalue weighted by Crippen LogP contribution is 2.31. The summed E-state index contributed by atoms with van der Waals surface area (Å²) in [6, 6.07) is 11.0. The molecular formula is C29H36ClN3O4. The molecule has 0 aliphatic carbocycles. The zero-order valence-corrected chi connectivity index (χ0v) is 23.5. The van der Waals surface area contributed by atoms with E-state index in [0.29, 0.717) is 16.3 Å². The third-order valence-electron chi connectivity index (χ3n) is 5.68. The number of benzene rings is 2. The summed E-state index contributed by atoms with van der Waals surface area (Å²) in [5.41, 5.74) is 2.76. The molecule has 8 heteroatoms. The number of nitrogens with one attached hydrogen (secondary N) is 2. The zero-order chi connectivity index (χ0) is 28.1. The number of ether oxygens (including phenoxy) is 1. The summed E-state index contributed by atoms with van der Waals surface area (Å²) >= 11 is 6.36. The highest BCUT2D eigenvalue weighted by Gasteiger charge is 2.38. The molecule has 37 heavy (non-hydrogen) atoms. The van der Waals surface area contributed by atoms with Crippen LogP contribution in [0, 0.1) is 39.2 Å². The van der Waals surface area contributed by atoms with Crippen molar-refractivity contribution in [3.63, 3.8) is 0 Å². The number of terminal acetylenes is 1. The first-order chi connectivity index (χ1) is 17.2. The lowest BCUT2D eigenvalue weighted by atomic mass is 9.95. The molecule has 2 N–H and O–H groups in total. The summed E-state index contributed by atoms with van der Waals surface area (Å²) < 4.78 is 5.35. The van der Waals surface area contributed by atoms with Gasteiger partial charge in [0.15, 0.2) is 0 Å². The minimum Gasteiger partial charge on any atom is -0.444 e. The zero-order valence-electron chi connectivity index (χ0n) is 22.7. The number of alkyl carbamates (subject to hydrolysis) is 1. The number of carbonyl (C=O) groups excluding carboxylic acids is 3. The van der Waals surface area contributed by atoms with E-state index in [4.69, 9.17) is 22.8 Å². The summed E-state index contributed by atoms with van der Waals surface area (Å²) in [6.07, 6.45) is 5.10. The number of carbonyl (C=O) groups is 3. The molecule has 3 amide bonds. The van der Waals surface area contributed by atoms with Gasteiger partial charge >= 0.3 is 6.09 Å². The van der Waals surface area contributed by atoms with Crippen LogP contribution in [0.5, 0.6) is 0 Å². The smallest absolute Gasteiger partial charge is 0.408 e. The van der Waals surface area contributed by atoms with E-state index in [1.54, 1.807) is 52.8 Å². The van der Waals surface area contributed by atoms with Crippen molar-refractivity contribution in [2.75, 3.05) is 5.32 Å². The second-order valence-corrected chi connectivity index (χ2v) is 10.8. The van der Waals surface area contributed by atoms with E-state index in [1.807, 2.05) is 39.0 Å². The third kappa shape index (κ3) is 7.74. The Balaban J connectivity index is 2.55. The summed E-state index contributed by atoms with van der Waals surface area (Å²) in [6.45, 7) is 14.3. The predicted octanol–water partition coefficient (Wildman–Crippen LogP) is 5.91.